The molecule has 0 fully saturated rings. The van der Waals surface area contributed by atoms with E-state index in [0.29, 0.717) is 0 Å². The summed E-state index contributed by atoms with van der Waals surface area (Å²) in [4.78, 5) is 9.31. The maximum absolute atomic E-state index is 9.31. The third-order valence-electron chi connectivity index (χ3n) is 0. The van der Waals surface area contributed by atoms with Crippen molar-refractivity contribution in [1.82, 2.24) is 0 Å². The molecule has 1 radical (unpaired) electrons. The summed E-state index contributed by atoms with van der Waals surface area (Å²) in [7, 11) is 0. The molecule has 0 spiro atoms. The average molecular weight is 217 g/mol. The second-order valence-electron chi connectivity index (χ2n) is 0.519. The van der Waals surface area contributed by atoms with Gasteiger partial charge in [0.1, 0.15) is 0 Å². The van der Waals surface area contributed by atoms with Crippen molar-refractivity contribution >= 4 is 17.7 Å². The molecule has 0 amide bonds. The van der Waals surface area contributed by atoms with Crippen LogP contribution in [0.4, 0.5) is 0 Å². The Labute approximate surface area is 69.9 Å². The maximum atomic E-state index is 9.31. The number of carbonyl (C=O) groups excluding carboxylic acids is 1. The van der Waals surface area contributed by atoms with Gasteiger partial charge >= 0.3 is 0 Å². The van der Waals surface area contributed by atoms with Crippen molar-refractivity contribution in [2.45, 2.75) is 6.92 Å². The Morgan fingerprint density at radius 1 is 1.80 bits per heavy atom. The quantitative estimate of drug-likeness (QED) is 0.583. The smallest absolute Gasteiger partial charge is 0.182 e. The first-order chi connectivity index (χ1) is 1.73. The van der Waals surface area contributed by atoms with E-state index >= 15 is 0 Å². The van der Waals surface area contributed by atoms with Gasteiger partial charge in [0.15, 0.2) is 5.12 Å². The molecular weight excluding hydrogens is 213 g/mol. The van der Waals surface area contributed by atoms with Gasteiger partial charge in [0, 0.05) is 48.2 Å². The SMILES string of the molecule is CC(=O)S.[Pr]. The molecule has 0 aromatic carbocycles. The summed E-state index contributed by atoms with van der Waals surface area (Å²) in [6.07, 6.45) is 0. The van der Waals surface area contributed by atoms with Crippen LogP contribution in [-0.2, 0) is 4.79 Å². The number of hydrogen-bond donors (Lipinski definition) is 1. The molecule has 0 bridgehead atoms. The molecule has 1 nitrogen and oxygen atoms in total. The minimum Gasteiger partial charge on any atom is -0.288 e. The van der Waals surface area contributed by atoms with Gasteiger partial charge in [0.2, 0.25) is 0 Å². The molecule has 5 heavy (non-hydrogen) atoms. The van der Waals surface area contributed by atoms with Crippen molar-refractivity contribution in [3.05, 3.63) is 0 Å². The molecule has 0 N–H and O–H groups in total. The molecule has 0 saturated heterocycles. The molecule has 3 heteroatoms. The monoisotopic (exact) mass is 217 g/mol. The second-order valence-corrected chi connectivity index (χ2v) is 1.15. The van der Waals surface area contributed by atoms with Crippen LogP contribution in [0.1, 0.15) is 6.92 Å². The van der Waals surface area contributed by atoms with E-state index < -0.39 is 0 Å². The van der Waals surface area contributed by atoms with E-state index in [1.54, 1.807) is 0 Å². The summed E-state index contributed by atoms with van der Waals surface area (Å²) in [6, 6.07) is 0. The Kier molecular flexibility index (Phi) is 10.4. The normalized spacial score (nSPS) is 5.20. The zero-order chi connectivity index (χ0) is 3.58. The van der Waals surface area contributed by atoms with Crippen molar-refractivity contribution in [2.75, 3.05) is 0 Å². The maximum Gasteiger partial charge on any atom is 0.182 e. The molecule has 27 valence electrons. The summed E-state index contributed by atoms with van der Waals surface area (Å²) in [5.41, 5.74) is 0. The number of rotatable bonds is 0. The van der Waals surface area contributed by atoms with Crippen LogP contribution in [0, 0.1) is 41.3 Å². The molecule has 0 rings (SSSR count). The van der Waals surface area contributed by atoms with Gasteiger partial charge in [0.05, 0.1) is 0 Å². The van der Waals surface area contributed by atoms with E-state index in [1.165, 1.54) is 6.92 Å². The van der Waals surface area contributed by atoms with Crippen molar-refractivity contribution in [1.29, 1.82) is 0 Å². The average Bonchev–Trinajstić information content (AvgIpc) is 0.811. The van der Waals surface area contributed by atoms with E-state index in [1.807, 2.05) is 0 Å². The summed E-state index contributed by atoms with van der Waals surface area (Å²) in [5.74, 6) is 0. The van der Waals surface area contributed by atoms with Crippen LogP contribution >= 0.6 is 12.6 Å². The van der Waals surface area contributed by atoms with E-state index in [4.69, 9.17) is 0 Å². The standard InChI is InChI=1S/C2H4OS.Pr/c1-2(3)4;/h1H3,(H,3,4);. The van der Waals surface area contributed by atoms with Crippen LogP contribution in [0.3, 0.4) is 0 Å². The van der Waals surface area contributed by atoms with Gasteiger partial charge in [-0.25, -0.2) is 0 Å². The molecule has 0 heterocycles. The Hall–Kier alpha value is 1.38. The van der Waals surface area contributed by atoms with Crippen LogP contribution in [-0.4, -0.2) is 5.12 Å². The number of thiol groups is 1. The van der Waals surface area contributed by atoms with Crippen LogP contribution in [0.25, 0.3) is 0 Å². The van der Waals surface area contributed by atoms with Gasteiger partial charge in [-0.2, -0.15) is 0 Å². The first kappa shape index (κ1) is 9.63. The number of hydrogen-bond acceptors (Lipinski definition) is 1. The Morgan fingerprint density at radius 3 is 1.80 bits per heavy atom. The molecule has 0 saturated carbocycles. The third-order valence-corrected chi connectivity index (χ3v) is 0. The van der Waals surface area contributed by atoms with Crippen LogP contribution in [0.15, 0.2) is 0 Å². The molecule has 0 atom stereocenters. The van der Waals surface area contributed by atoms with Crippen LogP contribution < -0.4 is 0 Å². The van der Waals surface area contributed by atoms with Crippen molar-refractivity contribution in [3.63, 3.8) is 0 Å². The van der Waals surface area contributed by atoms with Crippen LogP contribution in [0.2, 0.25) is 0 Å². The zero-order valence-electron chi connectivity index (χ0n) is 2.93. The van der Waals surface area contributed by atoms with Crippen molar-refractivity contribution in [3.8, 4) is 0 Å². The molecule has 0 aliphatic carbocycles. The fourth-order valence-electron chi connectivity index (χ4n) is 0. The van der Waals surface area contributed by atoms with Gasteiger partial charge in [-0.05, 0) is 0 Å². The zero-order valence-corrected chi connectivity index (χ0v) is 7.53. The van der Waals surface area contributed by atoms with Gasteiger partial charge in [0.25, 0.3) is 0 Å². The first-order valence-electron chi connectivity index (χ1n) is 0.928. The van der Waals surface area contributed by atoms with E-state index in [-0.39, 0.29) is 46.4 Å². The number of carbonyl (C=O) groups is 1. The Balaban J connectivity index is 0. The summed E-state index contributed by atoms with van der Waals surface area (Å²) < 4.78 is 0. The third kappa shape index (κ3) is 32.2. The summed E-state index contributed by atoms with van der Waals surface area (Å²) in [5, 5.41) is -0.139. The Morgan fingerprint density at radius 2 is 1.80 bits per heavy atom. The fraction of sp³-hybridized carbons (Fsp3) is 0.500. The Bertz CT molecular complexity index is 32.6. The van der Waals surface area contributed by atoms with E-state index in [0.717, 1.165) is 0 Å². The van der Waals surface area contributed by atoms with Crippen molar-refractivity contribution < 1.29 is 46.1 Å². The van der Waals surface area contributed by atoms with Gasteiger partial charge in [-0.15, -0.1) is 12.6 Å². The van der Waals surface area contributed by atoms with E-state index in [9.17, 15) is 4.79 Å². The molecule has 0 aliphatic rings. The first-order valence-corrected chi connectivity index (χ1v) is 1.37. The topological polar surface area (TPSA) is 17.1 Å². The van der Waals surface area contributed by atoms with Gasteiger partial charge in [-0.1, -0.05) is 0 Å². The molecular formula is C2H4OPrS. The molecule has 0 aromatic heterocycles. The molecule has 0 unspecified atom stereocenters. The molecule has 0 aromatic rings. The van der Waals surface area contributed by atoms with Crippen LogP contribution in [0.5, 0.6) is 0 Å². The minimum absolute atomic E-state index is 0. The van der Waals surface area contributed by atoms with Gasteiger partial charge < -0.3 is 0 Å². The molecule has 0 aliphatic heterocycles. The fourth-order valence-corrected chi connectivity index (χ4v) is 0. The predicted molar refractivity (Wildman–Crippen MR) is 19.7 cm³/mol. The van der Waals surface area contributed by atoms with Gasteiger partial charge in [-0.3, -0.25) is 4.79 Å². The largest absolute Gasteiger partial charge is 0.288 e. The minimum atomic E-state index is -0.139. The van der Waals surface area contributed by atoms with Crippen molar-refractivity contribution in [2.24, 2.45) is 0 Å². The second kappa shape index (κ2) is 5.38. The van der Waals surface area contributed by atoms with E-state index in [2.05, 4.69) is 12.6 Å². The predicted octanol–water partition coefficient (Wildman–Crippen LogP) is 0.463. The summed E-state index contributed by atoms with van der Waals surface area (Å²) >= 11 is 3.33. The summed E-state index contributed by atoms with van der Waals surface area (Å²) in [6.45, 7) is 1.39.